The van der Waals surface area contributed by atoms with E-state index >= 15 is 0 Å². The smallest absolute Gasteiger partial charge is 0.148 e. The average molecular weight is 216 g/mol. The maximum atomic E-state index is 8.81. The van der Waals surface area contributed by atoms with E-state index in [1.54, 1.807) is 6.20 Å². The Morgan fingerprint density at radius 1 is 1.64 bits per heavy atom. The Hall–Kier alpha value is -0.870. The summed E-state index contributed by atoms with van der Waals surface area (Å²) < 4.78 is 0. The standard InChI is InChI=1S/C9H14ClN3O/c1-2-7(3-4-14)13-9-8(10)5-11-6-12-9/h5-7,14H,2-4H2,1H3,(H,11,12,13). The average Bonchev–Trinajstić information content (AvgIpc) is 2.20. The first-order chi connectivity index (χ1) is 6.77. The normalized spacial score (nSPS) is 12.5. The molecule has 0 aromatic carbocycles. The van der Waals surface area contributed by atoms with Gasteiger partial charge in [-0.15, -0.1) is 0 Å². The molecule has 1 rings (SSSR count). The quantitative estimate of drug-likeness (QED) is 0.785. The summed E-state index contributed by atoms with van der Waals surface area (Å²) in [5.41, 5.74) is 0. The van der Waals surface area contributed by atoms with Crippen LogP contribution < -0.4 is 5.32 Å². The summed E-state index contributed by atoms with van der Waals surface area (Å²) in [4.78, 5) is 7.80. The first-order valence-corrected chi connectivity index (χ1v) is 4.98. The molecule has 1 atom stereocenters. The third kappa shape index (κ3) is 3.12. The molecule has 0 spiro atoms. The molecule has 1 heterocycles. The van der Waals surface area contributed by atoms with Gasteiger partial charge in [-0.05, 0) is 12.8 Å². The van der Waals surface area contributed by atoms with Gasteiger partial charge in [0.25, 0.3) is 0 Å². The number of aliphatic hydroxyl groups excluding tert-OH is 1. The van der Waals surface area contributed by atoms with Crippen molar-refractivity contribution in [3.8, 4) is 0 Å². The van der Waals surface area contributed by atoms with Crippen LogP contribution in [0.3, 0.4) is 0 Å². The number of anilines is 1. The summed E-state index contributed by atoms with van der Waals surface area (Å²) >= 11 is 5.88. The predicted octanol–water partition coefficient (Wildman–Crippen LogP) is 1.70. The number of hydrogen-bond acceptors (Lipinski definition) is 4. The molecule has 4 nitrogen and oxygen atoms in total. The molecule has 0 aliphatic rings. The molecular formula is C9H14ClN3O. The fourth-order valence-corrected chi connectivity index (χ4v) is 1.31. The lowest BCUT2D eigenvalue weighted by Crippen LogP contribution is -2.20. The number of aromatic nitrogens is 2. The highest BCUT2D eigenvalue weighted by Gasteiger charge is 2.08. The van der Waals surface area contributed by atoms with Crippen LogP contribution in [0.1, 0.15) is 19.8 Å². The lowest BCUT2D eigenvalue weighted by atomic mass is 10.1. The van der Waals surface area contributed by atoms with Crippen LogP contribution in [0.15, 0.2) is 12.5 Å². The van der Waals surface area contributed by atoms with Gasteiger partial charge >= 0.3 is 0 Å². The van der Waals surface area contributed by atoms with E-state index < -0.39 is 0 Å². The van der Waals surface area contributed by atoms with Crippen molar-refractivity contribution in [3.63, 3.8) is 0 Å². The first-order valence-electron chi connectivity index (χ1n) is 4.60. The van der Waals surface area contributed by atoms with Gasteiger partial charge in [-0.3, -0.25) is 0 Å². The first kappa shape index (κ1) is 11.2. The number of halogens is 1. The maximum Gasteiger partial charge on any atom is 0.148 e. The maximum absolute atomic E-state index is 8.81. The molecule has 0 saturated carbocycles. The molecule has 0 bridgehead atoms. The lowest BCUT2D eigenvalue weighted by Gasteiger charge is -2.16. The minimum Gasteiger partial charge on any atom is -0.396 e. The van der Waals surface area contributed by atoms with E-state index in [0.29, 0.717) is 17.3 Å². The van der Waals surface area contributed by atoms with E-state index in [1.165, 1.54) is 6.33 Å². The zero-order chi connectivity index (χ0) is 10.4. The third-order valence-corrected chi connectivity index (χ3v) is 2.26. The van der Waals surface area contributed by atoms with E-state index in [9.17, 15) is 0 Å². The summed E-state index contributed by atoms with van der Waals surface area (Å²) in [5.74, 6) is 0.627. The van der Waals surface area contributed by atoms with Crippen LogP contribution >= 0.6 is 11.6 Å². The SMILES string of the molecule is CCC(CCO)Nc1ncncc1Cl. The van der Waals surface area contributed by atoms with Crippen LogP contribution in [-0.2, 0) is 0 Å². The van der Waals surface area contributed by atoms with Crippen LogP contribution in [0, 0.1) is 0 Å². The van der Waals surface area contributed by atoms with Gasteiger partial charge in [0.05, 0.1) is 6.20 Å². The topological polar surface area (TPSA) is 58.0 Å². The van der Waals surface area contributed by atoms with Crippen molar-refractivity contribution in [2.24, 2.45) is 0 Å². The zero-order valence-corrected chi connectivity index (χ0v) is 8.83. The molecular weight excluding hydrogens is 202 g/mol. The molecule has 0 fully saturated rings. The minimum atomic E-state index is 0.161. The molecule has 0 saturated heterocycles. The second kappa shape index (κ2) is 5.78. The Morgan fingerprint density at radius 3 is 3.00 bits per heavy atom. The highest BCUT2D eigenvalue weighted by Crippen LogP contribution is 2.18. The highest BCUT2D eigenvalue weighted by atomic mass is 35.5. The van der Waals surface area contributed by atoms with Gasteiger partial charge in [0.1, 0.15) is 17.2 Å². The molecule has 5 heteroatoms. The fourth-order valence-electron chi connectivity index (χ4n) is 1.15. The highest BCUT2D eigenvalue weighted by molar-refractivity contribution is 6.32. The number of nitrogens with one attached hydrogen (secondary N) is 1. The Bertz CT molecular complexity index is 283. The fraction of sp³-hybridized carbons (Fsp3) is 0.556. The molecule has 0 aliphatic carbocycles. The minimum absolute atomic E-state index is 0.161. The van der Waals surface area contributed by atoms with E-state index in [1.807, 2.05) is 6.92 Å². The van der Waals surface area contributed by atoms with Crippen LogP contribution in [0.4, 0.5) is 5.82 Å². The molecule has 14 heavy (non-hydrogen) atoms. The molecule has 0 aliphatic heterocycles. The number of nitrogens with zero attached hydrogens (tertiary/aromatic N) is 2. The van der Waals surface area contributed by atoms with Gasteiger partial charge in [-0.2, -0.15) is 0 Å². The molecule has 0 radical (unpaired) electrons. The summed E-state index contributed by atoms with van der Waals surface area (Å²) in [6, 6.07) is 0.201. The number of hydrogen-bond donors (Lipinski definition) is 2. The number of rotatable bonds is 5. The summed E-state index contributed by atoms with van der Waals surface area (Å²) in [6.07, 6.45) is 4.60. The predicted molar refractivity (Wildman–Crippen MR) is 56.4 cm³/mol. The van der Waals surface area contributed by atoms with Crippen molar-refractivity contribution in [2.45, 2.75) is 25.8 Å². The van der Waals surface area contributed by atoms with E-state index in [2.05, 4.69) is 15.3 Å². The largest absolute Gasteiger partial charge is 0.396 e. The van der Waals surface area contributed by atoms with Crippen LogP contribution in [0.5, 0.6) is 0 Å². The second-order valence-corrected chi connectivity index (χ2v) is 3.39. The lowest BCUT2D eigenvalue weighted by molar-refractivity contribution is 0.278. The van der Waals surface area contributed by atoms with Gasteiger partial charge in [-0.1, -0.05) is 18.5 Å². The zero-order valence-electron chi connectivity index (χ0n) is 8.07. The van der Waals surface area contributed by atoms with E-state index in [4.69, 9.17) is 16.7 Å². The Labute approximate surface area is 88.3 Å². The molecule has 0 amide bonds. The van der Waals surface area contributed by atoms with Gasteiger partial charge in [0.2, 0.25) is 0 Å². The van der Waals surface area contributed by atoms with Crippen molar-refractivity contribution in [1.29, 1.82) is 0 Å². The van der Waals surface area contributed by atoms with Crippen molar-refractivity contribution >= 4 is 17.4 Å². The third-order valence-electron chi connectivity index (χ3n) is 1.98. The van der Waals surface area contributed by atoms with Crippen LogP contribution in [0.2, 0.25) is 5.02 Å². The monoisotopic (exact) mass is 215 g/mol. The summed E-state index contributed by atoms with van der Waals surface area (Å²) in [7, 11) is 0. The molecule has 1 aromatic rings. The molecule has 78 valence electrons. The Balaban J connectivity index is 2.62. The molecule has 1 unspecified atom stereocenters. The van der Waals surface area contributed by atoms with Crippen LogP contribution in [-0.4, -0.2) is 27.7 Å². The van der Waals surface area contributed by atoms with Crippen LogP contribution in [0.25, 0.3) is 0 Å². The number of aliphatic hydroxyl groups is 1. The van der Waals surface area contributed by atoms with Crippen molar-refractivity contribution < 1.29 is 5.11 Å². The van der Waals surface area contributed by atoms with Crippen molar-refractivity contribution in [2.75, 3.05) is 11.9 Å². The summed E-state index contributed by atoms with van der Waals surface area (Å²) in [6.45, 7) is 2.20. The van der Waals surface area contributed by atoms with Crippen molar-refractivity contribution in [1.82, 2.24) is 9.97 Å². The Morgan fingerprint density at radius 2 is 2.43 bits per heavy atom. The second-order valence-electron chi connectivity index (χ2n) is 2.98. The molecule has 2 N–H and O–H groups in total. The van der Waals surface area contributed by atoms with Crippen molar-refractivity contribution in [3.05, 3.63) is 17.5 Å². The van der Waals surface area contributed by atoms with Gasteiger partial charge < -0.3 is 10.4 Å². The van der Waals surface area contributed by atoms with Gasteiger partial charge in [0.15, 0.2) is 0 Å². The van der Waals surface area contributed by atoms with E-state index in [0.717, 1.165) is 6.42 Å². The molecule has 1 aromatic heterocycles. The van der Waals surface area contributed by atoms with E-state index in [-0.39, 0.29) is 12.6 Å². The van der Waals surface area contributed by atoms with Gasteiger partial charge in [0, 0.05) is 12.6 Å². The Kier molecular flexibility index (Phi) is 4.62. The summed E-state index contributed by atoms with van der Waals surface area (Å²) in [5, 5.41) is 12.5. The van der Waals surface area contributed by atoms with Gasteiger partial charge in [-0.25, -0.2) is 9.97 Å².